The van der Waals surface area contributed by atoms with E-state index in [1.807, 2.05) is 72.8 Å². The van der Waals surface area contributed by atoms with E-state index < -0.39 is 11.6 Å². The average Bonchev–Trinajstić information content (AvgIpc) is 3.09. The Labute approximate surface area is 174 Å². The molecule has 1 aliphatic carbocycles. The second kappa shape index (κ2) is 7.12. The Morgan fingerprint density at radius 1 is 0.567 bits per heavy atom. The van der Waals surface area contributed by atoms with E-state index in [4.69, 9.17) is 4.74 Å². The summed E-state index contributed by atoms with van der Waals surface area (Å²) in [4.78, 5) is 24.7. The van der Waals surface area contributed by atoms with Crippen LogP contribution >= 0.6 is 0 Å². The third-order valence-electron chi connectivity index (χ3n) is 5.44. The van der Waals surface area contributed by atoms with Crippen molar-refractivity contribution in [3.05, 3.63) is 120 Å². The molecule has 3 heteroatoms. The largest absolute Gasteiger partial charge is 0.442 e. The zero-order valence-corrected chi connectivity index (χ0v) is 16.1. The molecule has 5 rings (SSSR count). The molecule has 1 aliphatic heterocycles. The van der Waals surface area contributed by atoms with Gasteiger partial charge in [0.1, 0.15) is 0 Å². The van der Waals surface area contributed by atoms with Gasteiger partial charge in [-0.3, -0.25) is 4.79 Å². The number of hydrogen-bond donors (Lipinski definition) is 0. The SMILES string of the molecule is O=C1C=CC2(C=C1)OC(=O)C(c1ccccc1)=C2c1ccc(-c2ccccc2)cc1. The van der Waals surface area contributed by atoms with Gasteiger partial charge in [-0.05, 0) is 46.6 Å². The molecule has 0 amide bonds. The normalized spacial score (nSPS) is 16.9. The van der Waals surface area contributed by atoms with Crippen molar-refractivity contribution in [1.29, 1.82) is 0 Å². The van der Waals surface area contributed by atoms with E-state index in [0.717, 1.165) is 27.8 Å². The monoisotopic (exact) mass is 390 g/mol. The van der Waals surface area contributed by atoms with Gasteiger partial charge in [0.25, 0.3) is 0 Å². The lowest BCUT2D eigenvalue weighted by Crippen LogP contribution is -2.28. The van der Waals surface area contributed by atoms with Crippen LogP contribution in [0.1, 0.15) is 11.1 Å². The Bertz CT molecular complexity index is 1200. The highest BCUT2D eigenvalue weighted by Gasteiger charge is 2.46. The molecule has 0 saturated heterocycles. The zero-order valence-electron chi connectivity index (χ0n) is 16.1. The van der Waals surface area contributed by atoms with E-state index in [1.165, 1.54) is 12.2 Å². The lowest BCUT2D eigenvalue weighted by Gasteiger charge is -2.26. The summed E-state index contributed by atoms with van der Waals surface area (Å²) < 4.78 is 5.85. The second-order valence-corrected chi connectivity index (χ2v) is 7.31. The topological polar surface area (TPSA) is 43.4 Å². The van der Waals surface area contributed by atoms with E-state index >= 15 is 0 Å². The summed E-state index contributed by atoms with van der Waals surface area (Å²) in [6.07, 6.45) is 6.26. The van der Waals surface area contributed by atoms with Gasteiger partial charge in [0.15, 0.2) is 11.4 Å². The molecular weight excluding hydrogens is 372 g/mol. The Morgan fingerprint density at radius 3 is 1.67 bits per heavy atom. The first-order valence-electron chi connectivity index (χ1n) is 9.78. The summed E-state index contributed by atoms with van der Waals surface area (Å²) in [5, 5.41) is 0. The highest BCUT2D eigenvalue weighted by molar-refractivity contribution is 6.30. The van der Waals surface area contributed by atoms with Gasteiger partial charge in [0, 0.05) is 5.57 Å². The van der Waals surface area contributed by atoms with Gasteiger partial charge in [-0.25, -0.2) is 4.79 Å². The molecule has 0 bridgehead atoms. The molecule has 1 spiro atoms. The Hall–Kier alpha value is -3.98. The summed E-state index contributed by atoms with van der Waals surface area (Å²) in [6.45, 7) is 0. The van der Waals surface area contributed by atoms with Gasteiger partial charge in [0.2, 0.25) is 0 Å². The fourth-order valence-corrected chi connectivity index (χ4v) is 4.01. The molecule has 0 unspecified atom stereocenters. The summed E-state index contributed by atoms with van der Waals surface area (Å²) in [7, 11) is 0. The lowest BCUT2D eigenvalue weighted by atomic mass is 9.82. The van der Waals surface area contributed by atoms with Crippen LogP contribution in [0.4, 0.5) is 0 Å². The number of esters is 1. The fourth-order valence-electron chi connectivity index (χ4n) is 4.01. The molecule has 0 radical (unpaired) electrons. The van der Waals surface area contributed by atoms with Crippen molar-refractivity contribution in [2.45, 2.75) is 5.60 Å². The molecule has 0 N–H and O–H groups in total. The van der Waals surface area contributed by atoms with Crippen LogP contribution in [0.25, 0.3) is 22.3 Å². The molecule has 0 aromatic heterocycles. The maximum Gasteiger partial charge on any atom is 0.340 e. The minimum atomic E-state index is -1.08. The first-order valence-corrected chi connectivity index (χ1v) is 9.78. The molecule has 0 fully saturated rings. The molecule has 0 saturated carbocycles. The third-order valence-corrected chi connectivity index (χ3v) is 5.44. The van der Waals surface area contributed by atoms with Crippen molar-refractivity contribution in [3.63, 3.8) is 0 Å². The maximum atomic E-state index is 13.0. The number of carbonyl (C=O) groups is 2. The van der Waals surface area contributed by atoms with Crippen LogP contribution in [0.3, 0.4) is 0 Å². The highest BCUT2D eigenvalue weighted by Crippen LogP contribution is 2.46. The summed E-state index contributed by atoms with van der Waals surface area (Å²) in [5.74, 6) is -0.518. The van der Waals surface area contributed by atoms with Crippen LogP contribution in [0.5, 0.6) is 0 Å². The van der Waals surface area contributed by atoms with Crippen LogP contribution < -0.4 is 0 Å². The van der Waals surface area contributed by atoms with E-state index in [9.17, 15) is 9.59 Å². The number of rotatable bonds is 3. The number of benzene rings is 3. The number of ketones is 1. The van der Waals surface area contributed by atoms with Crippen molar-refractivity contribution in [3.8, 4) is 11.1 Å². The highest BCUT2D eigenvalue weighted by atomic mass is 16.6. The molecule has 2 aliphatic rings. The van der Waals surface area contributed by atoms with Crippen LogP contribution in [0.2, 0.25) is 0 Å². The number of ether oxygens (including phenoxy) is 1. The molecular formula is C27H18O3. The first-order chi connectivity index (χ1) is 14.7. The summed E-state index contributed by atoms with van der Waals surface area (Å²) in [6, 6.07) is 27.7. The van der Waals surface area contributed by atoms with Gasteiger partial charge >= 0.3 is 5.97 Å². The van der Waals surface area contributed by atoms with E-state index in [2.05, 4.69) is 12.1 Å². The molecule has 144 valence electrons. The second-order valence-electron chi connectivity index (χ2n) is 7.31. The van der Waals surface area contributed by atoms with Crippen molar-refractivity contribution >= 4 is 22.9 Å². The third kappa shape index (κ3) is 3.01. The quantitative estimate of drug-likeness (QED) is 0.573. The summed E-state index contributed by atoms with van der Waals surface area (Å²) in [5.41, 5.74) is 4.07. The predicted molar refractivity (Wildman–Crippen MR) is 117 cm³/mol. The fraction of sp³-hybridized carbons (Fsp3) is 0.0370. The van der Waals surface area contributed by atoms with E-state index in [1.54, 1.807) is 12.2 Å². The van der Waals surface area contributed by atoms with Crippen molar-refractivity contribution in [1.82, 2.24) is 0 Å². The molecule has 3 aromatic rings. The Balaban J connectivity index is 1.69. The maximum absolute atomic E-state index is 13.0. The minimum absolute atomic E-state index is 0.122. The van der Waals surface area contributed by atoms with Gasteiger partial charge in [0.05, 0.1) is 5.57 Å². The van der Waals surface area contributed by atoms with Crippen LogP contribution in [-0.2, 0) is 14.3 Å². The summed E-state index contributed by atoms with van der Waals surface area (Å²) >= 11 is 0. The molecule has 3 aromatic carbocycles. The average molecular weight is 390 g/mol. The lowest BCUT2D eigenvalue weighted by molar-refractivity contribution is -0.139. The number of hydrogen-bond acceptors (Lipinski definition) is 3. The molecule has 1 heterocycles. The van der Waals surface area contributed by atoms with Gasteiger partial charge in [-0.15, -0.1) is 0 Å². The predicted octanol–water partition coefficient (Wildman–Crippen LogP) is 5.26. The molecule has 3 nitrogen and oxygen atoms in total. The van der Waals surface area contributed by atoms with Crippen molar-refractivity contribution < 1.29 is 14.3 Å². The Kier molecular flexibility index (Phi) is 4.29. The van der Waals surface area contributed by atoms with Gasteiger partial charge in [-0.1, -0.05) is 84.9 Å². The first kappa shape index (κ1) is 18.1. The zero-order chi connectivity index (χ0) is 20.6. The Morgan fingerprint density at radius 2 is 1.07 bits per heavy atom. The van der Waals surface area contributed by atoms with E-state index in [-0.39, 0.29) is 5.78 Å². The van der Waals surface area contributed by atoms with E-state index in [0.29, 0.717) is 5.57 Å². The standard InChI is InChI=1S/C27H18O3/c28-23-15-17-27(18-16-23)25(24(26(29)30-27)21-9-5-2-6-10-21)22-13-11-20(12-14-22)19-7-3-1-4-8-19/h1-18H. The van der Waals surface area contributed by atoms with Crippen LogP contribution in [0.15, 0.2) is 109 Å². The number of allylic oxidation sites excluding steroid dienone is 2. The van der Waals surface area contributed by atoms with Gasteiger partial charge in [-0.2, -0.15) is 0 Å². The van der Waals surface area contributed by atoms with Gasteiger partial charge < -0.3 is 4.74 Å². The van der Waals surface area contributed by atoms with Crippen LogP contribution in [-0.4, -0.2) is 17.4 Å². The minimum Gasteiger partial charge on any atom is -0.442 e. The smallest absolute Gasteiger partial charge is 0.340 e. The molecule has 30 heavy (non-hydrogen) atoms. The van der Waals surface area contributed by atoms with Crippen molar-refractivity contribution in [2.24, 2.45) is 0 Å². The van der Waals surface area contributed by atoms with Crippen molar-refractivity contribution in [2.75, 3.05) is 0 Å². The molecule has 0 atom stereocenters. The number of carbonyl (C=O) groups excluding carboxylic acids is 2. The van der Waals surface area contributed by atoms with Crippen LogP contribution in [0, 0.1) is 0 Å².